The highest BCUT2D eigenvalue weighted by molar-refractivity contribution is 7.89. The van der Waals surface area contributed by atoms with Gasteiger partial charge in [-0.25, -0.2) is 13.1 Å². The number of aldehydes is 1. The van der Waals surface area contributed by atoms with E-state index in [2.05, 4.69) is 15.4 Å². The summed E-state index contributed by atoms with van der Waals surface area (Å²) in [6.45, 7) is 2.72. The Labute approximate surface area is 250 Å². The average molecular weight is 613 g/mol. The summed E-state index contributed by atoms with van der Waals surface area (Å²) in [5.74, 6) is -2.00. The number of ether oxygens (including phenoxy) is 1. The lowest BCUT2D eigenvalue weighted by Gasteiger charge is -2.17. The molecule has 3 aromatic rings. The molecule has 0 fully saturated rings. The predicted octanol–water partition coefficient (Wildman–Crippen LogP) is 2.42. The number of carboxylic acid groups (broad SMARTS) is 1. The number of rotatable bonds is 16. The predicted molar refractivity (Wildman–Crippen MR) is 162 cm³/mol. The molecule has 12 nitrogen and oxygen atoms in total. The summed E-state index contributed by atoms with van der Waals surface area (Å²) < 4.78 is 34.2. The highest BCUT2D eigenvalue weighted by Gasteiger charge is 2.25. The highest BCUT2D eigenvalue weighted by Crippen LogP contribution is 2.29. The number of benzene rings is 3. The van der Waals surface area contributed by atoms with Crippen molar-refractivity contribution in [3.8, 4) is 5.75 Å². The molecule has 1 unspecified atom stereocenters. The number of nitrogens with one attached hydrogen (secondary N) is 3. The zero-order chi connectivity index (χ0) is 31.6. The Morgan fingerprint density at radius 3 is 2.42 bits per heavy atom. The van der Waals surface area contributed by atoms with Crippen LogP contribution >= 0.6 is 0 Å². The summed E-state index contributed by atoms with van der Waals surface area (Å²) in [5.41, 5.74) is 1.69. The summed E-state index contributed by atoms with van der Waals surface area (Å²) in [6, 6.07) is 13.5. The van der Waals surface area contributed by atoms with Crippen molar-refractivity contribution in [2.24, 2.45) is 0 Å². The molecule has 0 saturated carbocycles. The van der Waals surface area contributed by atoms with Crippen LogP contribution in [0.25, 0.3) is 10.8 Å². The number of fused-ring (bicyclic) bond motifs is 1. The molecular formula is C30H36N4O8S. The minimum absolute atomic E-state index is 0.0261. The Morgan fingerprint density at radius 1 is 1.05 bits per heavy atom. The monoisotopic (exact) mass is 612 g/mol. The van der Waals surface area contributed by atoms with E-state index >= 15 is 0 Å². The second-order valence-corrected chi connectivity index (χ2v) is 11.8. The van der Waals surface area contributed by atoms with Gasteiger partial charge in [0.2, 0.25) is 15.9 Å². The Balaban J connectivity index is 1.83. The number of hydrogen-bond donors (Lipinski definition) is 4. The molecule has 0 radical (unpaired) electrons. The standard InChI is InChI=1S/C30H36N4O8S/c1-20(36)32-22-10-12-28(43(40,41)33-23(19-35)18-29(37)38)27(17-22)42-16-13-21-9-11-26(25-8-5-4-7-24(21)25)30(39)31-14-6-15-34(2)3/h4-5,7-12,17,19,23,33H,6,13-16,18H2,1-3H3,(H,31,39)(H,32,36)(H,37,38). The number of amides is 2. The third-order valence-corrected chi connectivity index (χ3v) is 7.90. The minimum Gasteiger partial charge on any atom is -0.492 e. The van der Waals surface area contributed by atoms with E-state index in [4.69, 9.17) is 9.84 Å². The van der Waals surface area contributed by atoms with Gasteiger partial charge < -0.3 is 30.2 Å². The van der Waals surface area contributed by atoms with Gasteiger partial charge in [-0.2, -0.15) is 0 Å². The molecule has 43 heavy (non-hydrogen) atoms. The van der Waals surface area contributed by atoms with E-state index in [1.54, 1.807) is 6.07 Å². The molecule has 0 aliphatic carbocycles. The van der Waals surface area contributed by atoms with Crippen LogP contribution in [0.5, 0.6) is 5.75 Å². The largest absolute Gasteiger partial charge is 0.492 e. The lowest BCUT2D eigenvalue weighted by molar-refractivity contribution is -0.138. The number of carbonyl (C=O) groups excluding carboxylic acids is 3. The van der Waals surface area contributed by atoms with Crippen LogP contribution in [0.15, 0.2) is 59.5 Å². The van der Waals surface area contributed by atoms with Crippen molar-refractivity contribution in [1.82, 2.24) is 14.9 Å². The highest BCUT2D eigenvalue weighted by atomic mass is 32.2. The summed E-state index contributed by atoms with van der Waals surface area (Å²) in [6.07, 6.45) is 0.632. The van der Waals surface area contributed by atoms with Crippen molar-refractivity contribution in [2.75, 3.05) is 39.1 Å². The first-order valence-corrected chi connectivity index (χ1v) is 15.1. The van der Waals surface area contributed by atoms with E-state index in [1.165, 1.54) is 25.1 Å². The molecule has 3 aromatic carbocycles. The van der Waals surface area contributed by atoms with E-state index < -0.39 is 28.5 Å². The maximum atomic E-state index is 13.1. The van der Waals surface area contributed by atoms with Crippen molar-refractivity contribution in [2.45, 2.75) is 37.1 Å². The minimum atomic E-state index is -4.38. The molecule has 0 bridgehead atoms. The maximum Gasteiger partial charge on any atom is 0.305 e. The SMILES string of the molecule is CC(=O)Nc1ccc(S(=O)(=O)NC(C=O)CC(=O)O)c(OCCc2ccc(C(=O)NCCCN(C)C)c3ccccc23)c1. The van der Waals surface area contributed by atoms with Gasteiger partial charge in [0.1, 0.15) is 16.9 Å². The first-order chi connectivity index (χ1) is 20.4. The van der Waals surface area contributed by atoms with Gasteiger partial charge in [-0.05, 0) is 61.6 Å². The van der Waals surface area contributed by atoms with Gasteiger partial charge in [-0.15, -0.1) is 0 Å². The first kappa shape index (κ1) is 33.2. The molecule has 230 valence electrons. The van der Waals surface area contributed by atoms with Gasteiger partial charge in [0.25, 0.3) is 5.91 Å². The van der Waals surface area contributed by atoms with Gasteiger partial charge >= 0.3 is 5.97 Å². The number of carbonyl (C=O) groups is 4. The number of sulfonamides is 1. The maximum absolute atomic E-state index is 13.1. The number of nitrogens with zero attached hydrogens (tertiary/aromatic N) is 1. The molecule has 0 heterocycles. The molecule has 0 aliphatic heterocycles. The van der Waals surface area contributed by atoms with E-state index in [-0.39, 0.29) is 41.0 Å². The van der Waals surface area contributed by atoms with Crippen LogP contribution in [0.3, 0.4) is 0 Å². The van der Waals surface area contributed by atoms with E-state index in [0.29, 0.717) is 18.5 Å². The van der Waals surface area contributed by atoms with Crippen LogP contribution in [0.1, 0.15) is 35.7 Å². The van der Waals surface area contributed by atoms with Gasteiger partial charge in [-0.3, -0.25) is 14.4 Å². The lowest BCUT2D eigenvalue weighted by Crippen LogP contribution is -2.37. The van der Waals surface area contributed by atoms with E-state index in [0.717, 1.165) is 29.3 Å². The van der Waals surface area contributed by atoms with Crippen molar-refractivity contribution < 1.29 is 37.4 Å². The van der Waals surface area contributed by atoms with Crippen molar-refractivity contribution in [3.63, 3.8) is 0 Å². The number of anilines is 1. The van der Waals surface area contributed by atoms with Crippen LogP contribution < -0.4 is 20.1 Å². The molecule has 13 heteroatoms. The topological polar surface area (TPSA) is 171 Å². The molecule has 2 amide bonds. The fourth-order valence-corrected chi connectivity index (χ4v) is 5.73. The van der Waals surface area contributed by atoms with Crippen molar-refractivity contribution in [1.29, 1.82) is 0 Å². The molecular weight excluding hydrogens is 576 g/mol. The second kappa shape index (κ2) is 15.2. The van der Waals surface area contributed by atoms with Crippen molar-refractivity contribution in [3.05, 3.63) is 65.7 Å². The van der Waals surface area contributed by atoms with E-state index in [1.807, 2.05) is 49.3 Å². The molecule has 0 spiro atoms. The average Bonchev–Trinajstić information content (AvgIpc) is 2.94. The number of hydrogen-bond acceptors (Lipinski definition) is 8. The third-order valence-electron chi connectivity index (χ3n) is 6.37. The fourth-order valence-electron chi connectivity index (χ4n) is 4.43. The number of carboxylic acids is 1. The Hall–Kier alpha value is -4.33. The Bertz CT molecular complexity index is 1590. The smallest absolute Gasteiger partial charge is 0.305 e. The molecule has 3 rings (SSSR count). The normalized spacial score (nSPS) is 12.1. The van der Waals surface area contributed by atoms with Crippen LogP contribution in [0.2, 0.25) is 0 Å². The summed E-state index contributed by atoms with van der Waals surface area (Å²) in [4.78, 5) is 48.6. The molecule has 1 atom stereocenters. The van der Waals surface area contributed by atoms with Gasteiger partial charge in [0.05, 0.1) is 19.1 Å². The zero-order valence-corrected chi connectivity index (χ0v) is 25.1. The Morgan fingerprint density at radius 2 is 1.77 bits per heavy atom. The first-order valence-electron chi connectivity index (χ1n) is 13.6. The molecule has 0 aromatic heterocycles. The third kappa shape index (κ3) is 9.60. The van der Waals surface area contributed by atoms with Crippen LogP contribution in [-0.2, 0) is 30.8 Å². The number of aliphatic carboxylic acids is 1. The second-order valence-electron chi connectivity index (χ2n) is 10.1. The molecule has 0 saturated heterocycles. The van der Waals surface area contributed by atoms with Crippen LogP contribution in [-0.4, -0.2) is 82.3 Å². The summed E-state index contributed by atoms with van der Waals surface area (Å²) in [7, 11) is -0.438. The zero-order valence-electron chi connectivity index (χ0n) is 24.3. The quantitative estimate of drug-likeness (QED) is 0.140. The summed E-state index contributed by atoms with van der Waals surface area (Å²) >= 11 is 0. The van der Waals surface area contributed by atoms with Crippen molar-refractivity contribution >= 4 is 50.6 Å². The molecule has 0 aliphatic rings. The Kier molecular flexibility index (Phi) is 11.8. The van der Waals surface area contributed by atoms with Gasteiger partial charge in [-0.1, -0.05) is 30.3 Å². The lowest BCUT2D eigenvalue weighted by atomic mass is 9.97. The summed E-state index contributed by atoms with van der Waals surface area (Å²) in [5, 5.41) is 16.1. The van der Waals surface area contributed by atoms with Gasteiger partial charge in [0, 0.05) is 37.2 Å². The van der Waals surface area contributed by atoms with Gasteiger partial charge in [0.15, 0.2) is 0 Å². The van der Waals surface area contributed by atoms with E-state index in [9.17, 15) is 27.6 Å². The van der Waals surface area contributed by atoms with Crippen LogP contribution in [0, 0.1) is 0 Å². The molecule has 4 N–H and O–H groups in total. The fraction of sp³-hybridized carbons (Fsp3) is 0.333. The van der Waals surface area contributed by atoms with Crippen LogP contribution in [0.4, 0.5) is 5.69 Å².